The van der Waals surface area contributed by atoms with Gasteiger partial charge >= 0.3 is 0 Å². The van der Waals surface area contributed by atoms with Crippen LogP contribution in [0.2, 0.25) is 0 Å². The third kappa shape index (κ3) is 4.22. The highest BCUT2D eigenvalue weighted by atomic mass is 16.5. The summed E-state index contributed by atoms with van der Waals surface area (Å²) in [5.41, 5.74) is 0.222. The number of aryl methyl sites for hydroxylation is 1. The lowest BCUT2D eigenvalue weighted by Crippen LogP contribution is -2.54. The summed E-state index contributed by atoms with van der Waals surface area (Å²) < 4.78 is 11.1. The van der Waals surface area contributed by atoms with E-state index in [9.17, 15) is 19.5 Å². The number of benzene rings is 2. The van der Waals surface area contributed by atoms with Crippen LogP contribution in [0, 0.1) is 6.92 Å². The number of likely N-dealkylation sites (tertiary alicyclic amines) is 1. The zero-order chi connectivity index (χ0) is 27.7. The van der Waals surface area contributed by atoms with Gasteiger partial charge in [-0.1, -0.05) is 30.9 Å². The summed E-state index contributed by atoms with van der Waals surface area (Å²) in [6.07, 6.45) is 1.63. The van der Waals surface area contributed by atoms with Crippen LogP contribution in [-0.2, 0) is 24.7 Å². The number of amides is 2. The van der Waals surface area contributed by atoms with E-state index in [0.29, 0.717) is 68.6 Å². The third-order valence-corrected chi connectivity index (χ3v) is 7.67. The molecule has 2 saturated heterocycles. The second-order valence-electron chi connectivity index (χ2n) is 9.82. The molecule has 3 aliphatic rings. The quantitative estimate of drug-likeness (QED) is 0.242. The fraction of sp³-hybridized carbons (Fsp3) is 0.367. The van der Waals surface area contributed by atoms with E-state index in [1.807, 2.05) is 26.0 Å². The number of rotatable bonds is 8. The summed E-state index contributed by atoms with van der Waals surface area (Å²) in [5, 5.41) is 11.7. The van der Waals surface area contributed by atoms with Gasteiger partial charge in [-0.3, -0.25) is 19.3 Å². The van der Waals surface area contributed by atoms with E-state index in [4.69, 9.17) is 9.47 Å². The molecule has 2 aromatic carbocycles. The van der Waals surface area contributed by atoms with Gasteiger partial charge < -0.3 is 24.4 Å². The number of carbonyl (C=O) groups is 3. The van der Waals surface area contributed by atoms with Crippen LogP contribution < -0.4 is 9.64 Å². The lowest BCUT2D eigenvalue weighted by Gasteiger charge is -2.36. The minimum atomic E-state index is -1.76. The molecule has 2 amide bonds. The molecule has 1 N–H and O–H groups in total. The minimum absolute atomic E-state index is 0.145. The van der Waals surface area contributed by atoms with Crippen molar-refractivity contribution in [1.82, 2.24) is 9.80 Å². The summed E-state index contributed by atoms with van der Waals surface area (Å²) >= 11 is 0. The van der Waals surface area contributed by atoms with Crippen molar-refractivity contribution in [3.8, 4) is 5.75 Å². The predicted molar refractivity (Wildman–Crippen MR) is 147 cm³/mol. The maximum atomic E-state index is 14.3. The third-order valence-electron chi connectivity index (χ3n) is 7.67. The van der Waals surface area contributed by atoms with E-state index < -0.39 is 23.1 Å². The number of para-hydroxylation sites is 1. The van der Waals surface area contributed by atoms with E-state index in [1.54, 1.807) is 41.3 Å². The first kappa shape index (κ1) is 26.6. The molecule has 9 nitrogen and oxygen atoms in total. The number of anilines is 1. The van der Waals surface area contributed by atoms with E-state index in [-0.39, 0.29) is 17.9 Å². The van der Waals surface area contributed by atoms with Gasteiger partial charge in [0.25, 0.3) is 17.6 Å². The van der Waals surface area contributed by atoms with Crippen LogP contribution in [0.15, 0.2) is 60.7 Å². The van der Waals surface area contributed by atoms with Crippen molar-refractivity contribution in [1.29, 1.82) is 0 Å². The monoisotopic (exact) mass is 531 g/mol. The highest BCUT2D eigenvalue weighted by Crippen LogP contribution is 2.53. The fourth-order valence-corrected chi connectivity index (χ4v) is 5.80. The van der Waals surface area contributed by atoms with Gasteiger partial charge in [-0.2, -0.15) is 0 Å². The number of nitrogens with zero attached hydrogens (tertiary/aromatic N) is 3. The van der Waals surface area contributed by atoms with Crippen LogP contribution >= 0.6 is 0 Å². The van der Waals surface area contributed by atoms with E-state index in [2.05, 4.69) is 11.5 Å². The molecule has 0 bridgehead atoms. The molecule has 0 saturated carbocycles. The van der Waals surface area contributed by atoms with Gasteiger partial charge in [-0.05, 0) is 43.7 Å². The molecule has 3 aliphatic heterocycles. The van der Waals surface area contributed by atoms with E-state index in [0.717, 1.165) is 5.56 Å². The second-order valence-corrected chi connectivity index (χ2v) is 9.82. The molecular weight excluding hydrogens is 498 g/mol. The molecule has 3 heterocycles. The van der Waals surface area contributed by atoms with Crippen molar-refractivity contribution in [2.45, 2.75) is 19.4 Å². The number of ketones is 1. The van der Waals surface area contributed by atoms with Crippen LogP contribution in [0.4, 0.5) is 5.69 Å². The van der Waals surface area contributed by atoms with E-state index in [1.165, 1.54) is 4.90 Å². The normalized spacial score (nSPS) is 22.6. The first-order valence-corrected chi connectivity index (χ1v) is 13.2. The SMILES string of the molecule is C=CCOc1ccc(/C(O)=C2\C(=O)C(=O)N(CCN3CCOCC3)C23C(=O)N(CC)c2ccccc23)cc1C. The van der Waals surface area contributed by atoms with Crippen molar-refractivity contribution in [3.63, 3.8) is 0 Å². The Kier molecular flexibility index (Phi) is 7.29. The number of ether oxygens (including phenoxy) is 2. The van der Waals surface area contributed by atoms with Crippen LogP contribution in [0.3, 0.4) is 0 Å². The number of aliphatic hydroxyl groups excluding tert-OH is 1. The maximum absolute atomic E-state index is 14.3. The first-order chi connectivity index (χ1) is 18.9. The summed E-state index contributed by atoms with van der Waals surface area (Å²) in [7, 11) is 0. The lowest BCUT2D eigenvalue weighted by molar-refractivity contribution is -0.144. The zero-order valence-corrected chi connectivity index (χ0v) is 22.3. The van der Waals surface area contributed by atoms with Crippen LogP contribution in [0.5, 0.6) is 5.75 Å². The Morgan fingerprint density at radius 3 is 2.56 bits per heavy atom. The predicted octanol–water partition coefficient (Wildman–Crippen LogP) is 2.83. The summed E-state index contributed by atoms with van der Waals surface area (Å²) in [5.74, 6) is -1.88. The van der Waals surface area contributed by atoms with Gasteiger partial charge in [0.1, 0.15) is 18.1 Å². The van der Waals surface area contributed by atoms with Crippen molar-refractivity contribution in [2.24, 2.45) is 0 Å². The first-order valence-electron chi connectivity index (χ1n) is 13.2. The van der Waals surface area contributed by atoms with Crippen LogP contribution in [0.25, 0.3) is 5.76 Å². The highest BCUT2D eigenvalue weighted by molar-refractivity contribution is 6.50. The molecule has 1 atom stereocenters. The molecular formula is C30H33N3O6. The largest absolute Gasteiger partial charge is 0.507 e. The van der Waals surface area contributed by atoms with E-state index >= 15 is 0 Å². The van der Waals surface area contributed by atoms with Gasteiger partial charge in [-0.15, -0.1) is 0 Å². The Morgan fingerprint density at radius 2 is 1.87 bits per heavy atom. The highest BCUT2D eigenvalue weighted by Gasteiger charge is 2.66. The molecule has 2 aromatic rings. The lowest BCUT2D eigenvalue weighted by atomic mass is 9.81. The average Bonchev–Trinajstić information content (AvgIpc) is 3.33. The maximum Gasteiger partial charge on any atom is 0.296 e. The van der Waals surface area contributed by atoms with Gasteiger partial charge in [0, 0.05) is 43.9 Å². The molecule has 0 radical (unpaired) electrons. The molecule has 1 spiro atoms. The van der Waals surface area contributed by atoms with Crippen molar-refractivity contribution >= 4 is 29.0 Å². The van der Waals surface area contributed by atoms with Gasteiger partial charge in [0.15, 0.2) is 5.54 Å². The topological polar surface area (TPSA) is 99.6 Å². The fourth-order valence-electron chi connectivity index (χ4n) is 5.80. The zero-order valence-electron chi connectivity index (χ0n) is 22.3. The summed E-state index contributed by atoms with van der Waals surface area (Å²) in [6.45, 7) is 11.2. The van der Waals surface area contributed by atoms with Crippen molar-refractivity contribution < 1.29 is 29.0 Å². The standard InChI is InChI=1S/C30H33N3O6/c1-4-16-39-24-11-10-21(19-20(24)3)26(34)25-27(35)28(36)33(13-12-31-14-17-38-18-15-31)30(25)22-8-6-7-9-23(22)32(5-2)29(30)37/h4,6-11,19,34H,1,5,12-18H2,2-3H3/b26-25-. The molecule has 9 heteroatoms. The molecule has 1 unspecified atom stereocenters. The number of aliphatic hydroxyl groups is 1. The van der Waals surface area contributed by atoms with Gasteiger partial charge in [0.2, 0.25) is 0 Å². The summed E-state index contributed by atoms with van der Waals surface area (Å²) in [4.78, 5) is 46.8. The Balaban J connectivity index is 1.67. The molecule has 39 heavy (non-hydrogen) atoms. The number of hydrogen-bond acceptors (Lipinski definition) is 7. The molecule has 0 aromatic heterocycles. The van der Waals surface area contributed by atoms with Gasteiger partial charge in [-0.25, -0.2) is 0 Å². The van der Waals surface area contributed by atoms with Crippen molar-refractivity contribution in [2.75, 3.05) is 57.4 Å². The van der Waals surface area contributed by atoms with Gasteiger partial charge in [0.05, 0.1) is 24.5 Å². The Labute approximate surface area is 227 Å². The number of Topliss-reactive ketones (excluding diaryl/α,β-unsaturated/α-hetero) is 1. The Bertz CT molecular complexity index is 1360. The number of likely N-dealkylation sites (N-methyl/N-ethyl adjacent to an activating group) is 1. The average molecular weight is 532 g/mol. The minimum Gasteiger partial charge on any atom is -0.507 e. The number of carbonyl (C=O) groups excluding carboxylic acids is 3. The number of morpholine rings is 1. The Hall–Kier alpha value is -3.95. The van der Waals surface area contributed by atoms with Crippen LogP contribution in [0.1, 0.15) is 23.6 Å². The number of fused-ring (bicyclic) bond motifs is 2. The Morgan fingerprint density at radius 1 is 1.13 bits per heavy atom. The molecule has 2 fully saturated rings. The molecule has 5 rings (SSSR count). The second kappa shape index (κ2) is 10.7. The molecule has 204 valence electrons. The number of hydrogen-bond donors (Lipinski definition) is 1. The molecule has 0 aliphatic carbocycles. The smallest absolute Gasteiger partial charge is 0.296 e. The van der Waals surface area contributed by atoms with Crippen molar-refractivity contribution in [3.05, 3.63) is 77.4 Å². The summed E-state index contributed by atoms with van der Waals surface area (Å²) in [6, 6.07) is 12.2. The van der Waals surface area contributed by atoms with Crippen LogP contribution in [-0.4, -0.2) is 85.0 Å².